The Bertz CT molecular complexity index is 542. The van der Waals surface area contributed by atoms with Gasteiger partial charge in [-0.15, -0.1) is 0 Å². The molecule has 0 fully saturated rings. The van der Waals surface area contributed by atoms with Crippen LogP contribution in [0.5, 0.6) is 0 Å². The highest BCUT2D eigenvalue weighted by atomic mass is 32.1. The van der Waals surface area contributed by atoms with Gasteiger partial charge in [0.1, 0.15) is 0 Å². The summed E-state index contributed by atoms with van der Waals surface area (Å²) in [6.07, 6.45) is 1.99. The summed E-state index contributed by atoms with van der Waals surface area (Å²) < 4.78 is 2.95. The van der Waals surface area contributed by atoms with E-state index in [1.165, 1.54) is 5.56 Å². The second-order valence-corrected chi connectivity index (χ2v) is 4.78. The van der Waals surface area contributed by atoms with Gasteiger partial charge in [0, 0.05) is 19.3 Å². The van der Waals surface area contributed by atoms with Gasteiger partial charge in [0.2, 0.25) is 0 Å². The second-order valence-electron chi connectivity index (χ2n) is 4.39. The van der Waals surface area contributed by atoms with Gasteiger partial charge in [-0.25, -0.2) is 0 Å². The van der Waals surface area contributed by atoms with Crippen molar-refractivity contribution < 1.29 is 0 Å². The molecule has 0 spiro atoms. The Morgan fingerprint density at radius 2 is 2.00 bits per heavy atom. The summed E-state index contributed by atoms with van der Waals surface area (Å²) in [7, 11) is 2.12. The van der Waals surface area contributed by atoms with Crippen molar-refractivity contribution in [2.24, 2.45) is 0 Å². The highest BCUT2D eigenvalue weighted by molar-refractivity contribution is 7.71. The minimum absolute atomic E-state index is 0.790. The molecule has 1 aromatic heterocycles. The smallest absolute Gasteiger partial charge is 0.177 e. The SMILES string of the molecule is CCN(C)CCn1c(-c2ccccc2)c[nH]c1=S. The van der Waals surface area contributed by atoms with Gasteiger partial charge < -0.3 is 14.5 Å². The van der Waals surface area contributed by atoms with E-state index < -0.39 is 0 Å². The first-order valence-corrected chi connectivity index (χ1v) is 6.65. The number of hydrogen-bond acceptors (Lipinski definition) is 2. The normalized spacial score (nSPS) is 11.1. The first kappa shape index (κ1) is 13.1. The van der Waals surface area contributed by atoms with E-state index in [9.17, 15) is 0 Å². The van der Waals surface area contributed by atoms with Crippen LogP contribution in [0.15, 0.2) is 36.5 Å². The molecule has 0 aliphatic rings. The largest absolute Gasteiger partial charge is 0.337 e. The van der Waals surface area contributed by atoms with Crippen LogP contribution in [-0.4, -0.2) is 34.6 Å². The van der Waals surface area contributed by atoms with E-state index in [4.69, 9.17) is 12.2 Å². The number of benzene rings is 1. The van der Waals surface area contributed by atoms with Crippen LogP contribution in [0.25, 0.3) is 11.3 Å². The lowest BCUT2D eigenvalue weighted by Crippen LogP contribution is -2.23. The molecule has 18 heavy (non-hydrogen) atoms. The number of nitrogens with zero attached hydrogens (tertiary/aromatic N) is 2. The fourth-order valence-electron chi connectivity index (χ4n) is 1.89. The van der Waals surface area contributed by atoms with Crippen molar-refractivity contribution in [2.45, 2.75) is 13.5 Å². The van der Waals surface area contributed by atoms with Crippen molar-refractivity contribution in [3.63, 3.8) is 0 Å². The molecule has 2 rings (SSSR count). The maximum absolute atomic E-state index is 5.35. The van der Waals surface area contributed by atoms with E-state index in [1.807, 2.05) is 24.4 Å². The predicted octanol–water partition coefficient (Wildman–Crippen LogP) is 3.16. The van der Waals surface area contributed by atoms with Crippen LogP contribution in [0.1, 0.15) is 6.92 Å². The van der Waals surface area contributed by atoms with Gasteiger partial charge in [0.25, 0.3) is 0 Å². The van der Waals surface area contributed by atoms with Crippen LogP contribution in [0.4, 0.5) is 0 Å². The van der Waals surface area contributed by atoms with Crippen molar-refractivity contribution in [3.8, 4) is 11.3 Å². The highest BCUT2D eigenvalue weighted by Gasteiger charge is 2.06. The quantitative estimate of drug-likeness (QED) is 0.836. The fraction of sp³-hybridized carbons (Fsp3) is 0.357. The number of H-pyrrole nitrogens is 1. The predicted molar refractivity (Wildman–Crippen MR) is 78.2 cm³/mol. The Labute approximate surface area is 113 Å². The fourth-order valence-corrected chi connectivity index (χ4v) is 2.14. The number of rotatable bonds is 5. The third kappa shape index (κ3) is 2.89. The Morgan fingerprint density at radius 1 is 1.28 bits per heavy atom. The molecule has 0 bridgehead atoms. The maximum atomic E-state index is 5.35. The van der Waals surface area contributed by atoms with E-state index in [2.05, 4.69) is 40.6 Å². The zero-order valence-corrected chi connectivity index (χ0v) is 11.7. The Hall–Kier alpha value is -1.39. The summed E-state index contributed by atoms with van der Waals surface area (Å²) >= 11 is 5.35. The van der Waals surface area contributed by atoms with Crippen molar-refractivity contribution in [3.05, 3.63) is 41.3 Å². The van der Waals surface area contributed by atoms with E-state index in [0.29, 0.717) is 0 Å². The lowest BCUT2D eigenvalue weighted by Gasteiger charge is -2.15. The molecular weight excluding hydrogens is 242 g/mol. The molecule has 0 amide bonds. The molecule has 1 heterocycles. The Morgan fingerprint density at radius 3 is 2.67 bits per heavy atom. The molecule has 0 saturated carbocycles. The lowest BCUT2D eigenvalue weighted by molar-refractivity contribution is 0.335. The molecular formula is C14H19N3S. The van der Waals surface area contributed by atoms with Crippen LogP contribution in [0, 0.1) is 4.77 Å². The summed E-state index contributed by atoms with van der Waals surface area (Å²) in [5.41, 5.74) is 2.36. The monoisotopic (exact) mass is 261 g/mol. The van der Waals surface area contributed by atoms with Crippen LogP contribution in [0.3, 0.4) is 0 Å². The number of nitrogens with one attached hydrogen (secondary N) is 1. The van der Waals surface area contributed by atoms with Gasteiger partial charge in [-0.1, -0.05) is 37.3 Å². The Balaban J connectivity index is 2.25. The van der Waals surface area contributed by atoms with Gasteiger partial charge >= 0.3 is 0 Å². The number of hydrogen-bond donors (Lipinski definition) is 1. The maximum Gasteiger partial charge on any atom is 0.177 e. The first-order valence-electron chi connectivity index (χ1n) is 6.24. The van der Waals surface area contributed by atoms with Crippen molar-refractivity contribution in [1.29, 1.82) is 0 Å². The van der Waals surface area contributed by atoms with Gasteiger partial charge in [-0.2, -0.15) is 0 Å². The summed E-state index contributed by atoms with van der Waals surface area (Å²) in [6.45, 7) is 5.13. The van der Waals surface area contributed by atoms with Gasteiger partial charge in [0.15, 0.2) is 4.77 Å². The van der Waals surface area contributed by atoms with Crippen LogP contribution in [-0.2, 0) is 6.54 Å². The summed E-state index contributed by atoms with van der Waals surface area (Å²) in [5, 5.41) is 0. The molecule has 0 atom stereocenters. The van der Waals surface area contributed by atoms with Crippen molar-refractivity contribution in [1.82, 2.24) is 14.5 Å². The van der Waals surface area contributed by atoms with Crippen LogP contribution < -0.4 is 0 Å². The van der Waals surface area contributed by atoms with Crippen molar-refractivity contribution in [2.75, 3.05) is 20.1 Å². The zero-order valence-electron chi connectivity index (χ0n) is 10.9. The average molecular weight is 261 g/mol. The van der Waals surface area contributed by atoms with Crippen LogP contribution >= 0.6 is 12.2 Å². The molecule has 0 aliphatic heterocycles. The highest BCUT2D eigenvalue weighted by Crippen LogP contribution is 2.19. The molecule has 0 aliphatic carbocycles. The summed E-state index contributed by atoms with van der Waals surface area (Å²) in [4.78, 5) is 5.42. The molecule has 3 nitrogen and oxygen atoms in total. The topological polar surface area (TPSA) is 24.0 Å². The second kappa shape index (κ2) is 5.98. The minimum atomic E-state index is 0.790. The summed E-state index contributed by atoms with van der Waals surface area (Å²) in [5.74, 6) is 0. The third-order valence-corrected chi connectivity index (χ3v) is 3.52. The molecule has 2 aromatic rings. The standard InChI is InChI=1S/C14H19N3S/c1-3-16(2)9-10-17-13(11-15-14(17)18)12-7-5-4-6-8-12/h4-8,11H,3,9-10H2,1-2H3,(H,15,18). The number of imidazole rings is 1. The zero-order chi connectivity index (χ0) is 13.0. The number of aromatic amines is 1. The minimum Gasteiger partial charge on any atom is -0.337 e. The molecule has 1 N–H and O–H groups in total. The lowest BCUT2D eigenvalue weighted by atomic mass is 10.2. The van der Waals surface area contributed by atoms with E-state index >= 15 is 0 Å². The van der Waals surface area contributed by atoms with Gasteiger partial charge in [-0.05, 0) is 31.4 Å². The molecule has 0 radical (unpaired) electrons. The van der Waals surface area contributed by atoms with E-state index in [0.717, 1.165) is 30.1 Å². The van der Waals surface area contributed by atoms with E-state index in [-0.39, 0.29) is 0 Å². The summed E-state index contributed by atoms with van der Waals surface area (Å²) in [6, 6.07) is 10.3. The van der Waals surface area contributed by atoms with Gasteiger partial charge in [0.05, 0.1) is 5.69 Å². The first-order chi connectivity index (χ1) is 8.72. The molecule has 0 saturated heterocycles. The van der Waals surface area contributed by atoms with Crippen molar-refractivity contribution >= 4 is 12.2 Å². The third-order valence-electron chi connectivity index (χ3n) is 3.18. The number of aromatic nitrogens is 2. The molecule has 0 unspecified atom stereocenters. The average Bonchev–Trinajstić information content (AvgIpc) is 2.78. The van der Waals surface area contributed by atoms with Crippen LogP contribution in [0.2, 0.25) is 0 Å². The molecule has 1 aromatic carbocycles. The molecule has 96 valence electrons. The van der Waals surface area contributed by atoms with E-state index in [1.54, 1.807) is 0 Å². The Kier molecular flexibility index (Phi) is 4.33. The number of likely N-dealkylation sites (N-methyl/N-ethyl adjacent to an activating group) is 1. The van der Waals surface area contributed by atoms with Gasteiger partial charge in [-0.3, -0.25) is 0 Å². The molecule has 4 heteroatoms.